The Kier molecular flexibility index (Phi) is 5.52. The Bertz CT molecular complexity index is 1420. The highest BCUT2D eigenvalue weighted by molar-refractivity contribution is 5.82. The molecule has 2 aromatic carbocycles. The summed E-state index contributed by atoms with van der Waals surface area (Å²) in [5.74, 6) is 0. The number of aromatic nitrogens is 5. The van der Waals surface area contributed by atoms with Gasteiger partial charge in [-0.3, -0.25) is 14.2 Å². The standard InChI is InChI=1S/C26H26N6O/c1-30-11-10-22(29-30)18-32(17-20-15-27-31(2)16-20)23-7-5-6-19(13-23)12-21-14-26(33)28-25-9-4-3-8-24(21)25/h3-11,13-16H,12,17-18H2,1-2H3,(H,28,33). The van der Waals surface area contributed by atoms with Crippen molar-refractivity contribution in [3.63, 3.8) is 0 Å². The highest BCUT2D eigenvalue weighted by Crippen LogP contribution is 2.24. The average molecular weight is 439 g/mol. The molecule has 5 rings (SSSR count). The number of benzene rings is 2. The van der Waals surface area contributed by atoms with Crippen LogP contribution in [0, 0.1) is 0 Å². The lowest BCUT2D eigenvalue weighted by atomic mass is 10.0. The molecule has 0 fully saturated rings. The molecule has 0 unspecified atom stereocenters. The number of hydrogen-bond acceptors (Lipinski definition) is 4. The Morgan fingerprint density at radius 3 is 2.61 bits per heavy atom. The van der Waals surface area contributed by atoms with E-state index in [0.29, 0.717) is 13.0 Å². The number of anilines is 1. The largest absolute Gasteiger partial charge is 0.361 e. The van der Waals surface area contributed by atoms with Crippen LogP contribution in [0.4, 0.5) is 5.69 Å². The minimum Gasteiger partial charge on any atom is -0.361 e. The topological polar surface area (TPSA) is 71.7 Å². The molecule has 5 aromatic rings. The van der Waals surface area contributed by atoms with E-state index in [-0.39, 0.29) is 5.56 Å². The van der Waals surface area contributed by atoms with Crippen LogP contribution in [0.25, 0.3) is 10.9 Å². The molecule has 0 aliphatic heterocycles. The first kappa shape index (κ1) is 20.8. The van der Waals surface area contributed by atoms with Crippen molar-refractivity contribution in [1.29, 1.82) is 0 Å². The van der Waals surface area contributed by atoms with Crippen molar-refractivity contribution < 1.29 is 0 Å². The van der Waals surface area contributed by atoms with E-state index >= 15 is 0 Å². The lowest BCUT2D eigenvalue weighted by molar-refractivity contribution is 0.714. The van der Waals surface area contributed by atoms with Gasteiger partial charge in [-0.2, -0.15) is 10.2 Å². The van der Waals surface area contributed by atoms with Crippen LogP contribution in [0.5, 0.6) is 0 Å². The van der Waals surface area contributed by atoms with Crippen molar-refractivity contribution in [3.8, 4) is 0 Å². The second-order valence-corrected chi connectivity index (χ2v) is 8.41. The van der Waals surface area contributed by atoms with Crippen LogP contribution in [-0.2, 0) is 33.6 Å². The molecule has 0 saturated heterocycles. The third-order valence-electron chi connectivity index (χ3n) is 5.76. The smallest absolute Gasteiger partial charge is 0.248 e. The summed E-state index contributed by atoms with van der Waals surface area (Å²) in [7, 11) is 3.86. The van der Waals surface area contributed by atoms with E-state index < -0.39 is 0 Å². The summed E-state index contributed by atoms with van der Waals surface area (Å²) in [4.78, 5) is 17.4. The molecule has 0 bridgehead atoms. The molecule has 0 aliphatic carbocycles. The maximum atomic E-state index is 12.2. The van der Waals surface area contributed by atoms with Crippen LogP contribution in [0.2, 0.25) is 0 Å². The van der Waals surface area contributed by atoms with E-state index in [1.54, 1.807) is 6.07 Å². The molecule has 7 nitrogen and oxygen atoms in total. The maximum absolute atomic E-state index is 12.2. The monoisotopic (exact) mass is 438 g/mol. The van der Waals surface area contributed by atoms with Gasteiger partial charge < -0.3 is 9.88 Å². The van der Waals surface area contributed by atoms with Gasteiger partial charge in [0.15, 0.2) is 0 Å². The van der Waals surface area contributed by atoms with Gasteiger partial charge in [-0.25, -0.2) is 0 Å². The highest BCUT2D eigenvalue weighted by Gasteiger charge is 2.13. The molecule has 0 spiro atoms. The molecule has 3 aromatic heterocycles. The van der Waals surface area contributed by atoms with Crippen LogP contribution < -0.4 is 10.5 Å². The first-order valence-electron chi connectivity index (χ1n) is 10.9. The molecule has 0 radical (unpaired) electrons. The van der Waals surface area contributed by atoms with Gasteiger partial charge >= 0.3 is 0 Å². The van der Waals surface area contributed by atoms with Crippen molar-refractivity contribution in [2.75, 3.05) is 4.90 Å². The van der Waals surface area contributed by atoms with Gasteiger partial charge in [-0.15, -0.1) is 0 Å². The van der Waals surface area contributed by atoms with E-state index in [2.05, 4.69) is 50.4 Å². The van der Waals surface area contributed by atoms with Crippen molar-refractivity contribution in [2.24, 2.45) is 14.1 Å². The number of para-hydroxylation sites is 1. The number of rotatable bonds is 7. The lowest BCUT2D eigenvalue weighted by Gasteiger charge is -2.24. The molecular weight excluding hydrogens is 412 g/mol. The van der Waals surface area contributed by atoms with Crippen molar-refractivity contribution in [1.82, 2.24) is 24.5 Å². The van der Waals surface area contributed by atoms with Crippen molar-refractivity contribution in [3.05, 3.63) is 112 Å². The van der Waals surface area contributed by atoms with Gasteiger partial charge in [-0.1, -0.05) is 30.3 Å². The summed E-state index contributed by atoms with van der Waals surface area (Å²) in [6.45, 7) is 1.41. The summed E-state index contributed by atoms with van der Waals surface area (Å²) in [6, 6.07) is 20.2. The molecule has 0 amide bonds. The molecule has 7 heteroatoms. The quantitative estimate of drug-likeness (QED) is 0.420. The Morgan fingerprint density at radius 1 is 0.939 bits per heavy atom. The fourth-order valence-corrected chi connectivity index (χ4v) is 4.26. The minimum atomic E-state index is -0.0757. The number of nitrogens with zero attached hydrogens (tertiary/aromatic N) is 5. The molecule has 1 N–H and O–H groups in total. The number of H-pyrrole nitrogens is 1. The Morgan fingerprint density at radius 2 is 1.82 bits per heavy atom. The van der Waals surface area contributed by atoms with Gasteiger partial charge in [0.05, 0.1) is 18.4 Å². The minimum absolute atomic E-state index is 0.0757. The number of fused-ring (bicyclic) bond motifs is 1. The van der Waals surface area contributed by atoms with E-state index in [1.807, 2.05) is 66.3 Å². The first-order chi connectivity index (χ1) is 16.0. The number of nitrogens with one attached hydrogen (secondary N) is 1. The Hall–Kier alpha value is -4.13. The predicted octanol–water partition coefficient (Wildman–Crippen LogP) is 3.79. The fourth-order valence-electron chi connectivity index (χ4n) is 4.26. The van der Waals surface area contributed by atoms with Crippen molar-refractivity contribution >= 4 is 16.6 Å². The van der Waals surface area contributed by atoms with Crippen LogP contribution in [-0.4, -0.2) is 24.5 Å². The summed E-state index contributed by atoms with van der Waals surface area (Å²) >= 11 is 0. The SMILES string of the molecule is Cn1cc(CN(Cc2ccn(C)n2)c2cccc(Cc3cc(=O)[nH]c4ccccc34)c2)cn1. The normalized spacial score (nSPS) is 11.2. The van der Waals surface area contributed by atoms with Crippen LogP contribution in [0.15, 0.2) is 84.0 Å². The third kappa shape index (κ3) is 4.72. The van der Waals surface area contributed by atoms with Crippen LogP contribution >= 0.6 is 0 Å². The summed E-state index contributed by atoms with van der Waals surface area (Å²) in [5.41, 5.74) is 6.22. The predicted molar refractivity (Wildman–Crippen MR) is 130 cm³/mol. The molecule has 33 heavy (non-hydrogen) atoms. The molecular formula is C26H26N6O. The highest BCUT2D eigenvalue weighted by atomic mass is 16.1. The van der Waals surface area contributed by atoms with Crippen LogP contribution in [0.3, 0.4) is 0 Å². The number of aryl methyl sites for hydroxylation is 2. The Labute approximate surface area is 191 Å². The second-order valence-electron chi connectivity index (χ2n) is 8.41. The summed E-state index contributed by atoms with van der Waals surface area (Å²) in [5, 5.41) is 9.97. The van der Waals surface area contributed by atoms with E-state index in [9.17, 15) is 4.79 Å². The van der Waals surface area contributed by atoms with Gasteiger partial charge in [0.1, 0.15) is 0 Å². The van der Waals surface area contributed by atoms with Gasteiger partial charge in [-0.05, 0) is 41.8 Å². The third-order valence-corrected chi connectivity index (χ3v) is 5.76. The molecule has 166 valence electrons. The zero-order valence-electron chi connectivity index (χ0n) is 18.8. The number of hydrogen-bond donors (Lipinski definition) is 1. The first-order valence-corrected chi connectivity index (χ1v) is 10.9. The molecule has 0 saturated carbocycles. The van der Waals surface area contributed by atoms with E-state index in [0.717, 1.165) is 45.5 Å². The van der Waals surface area contributed by atoms with Gasteiger partial charge in [0.25, 0.3) is 0 Å². The molecule has 0 aliphatic rings. The second kappa shape index (κ2) is 8.78. The molecule has 3 heterocycles. The zero-order valence-corrected chi connectivity index (χ0v) is 18.8. The van der Waals surface area contributed by atoms with Crippen LogP contribution in [0.1, 0.15) is 22.4 Å². The van der Waals surface area contributed by atoms with Gasteiger partial charge in [0, 0.05) is 61.3 Å². The number of pyridine rings is 1. The van der Waals surface area contributed by atoms with Crippen molar-refractivity contribution in [2.45, 2.75) is 19.5 Å². The lowest BCUT2D eigenvalue weighted by Crippen LogP contribution is -2.22. The Balaban J connectivity index is 1.47. The number of aromatic amines is 1. The van der Waals surface area contributed by atoms with Gasteiger partial charge in [0.2, 0.25) is 5.56 Å². The maximum Gasteiger partial charge on any atom is 0.248 e. The fraction of sp³-hybridized carbons (Fsp3) is 0.192. The summed E-state index contributed by atoms with van der Waals surface area (Å²) in [6.07, 6.45) is 6.59. The average Bonchev–Trinajstić information content (AvgIpc) is 3.40. The summed E-state index contributed by atoms with van der Waals surface area (Å²) < 4.78 is 3.65. The van der Waals surface area contributed by atoms with E-state index in [1.165, 1.54) is 0 Å². The van der Waals surface area contributed by atoms with E-state index in [4.69, 9.17) is 0 Å². The molecule has 0 atom stereocenters. The zero-order chi connectivity index (χ0) is 22.8.